The Morgan fingerprint density at radius 1 is 1.10 bits per heavy atom. The van der Waals surface area contributed by atoms with E-state index in [1.807, 2.05) is 0 Å². The molecule has 0 saturated heterocycles. The second kappa shape index (κ2) is 5.54. The van der Waals surface area contributed by atoms with Crippen molar-refractivity contribution < 1.29 is 4.39 Å². The molecule has 0 radical (unpaired) electrons. The molecular weight excluding hydrogens is 300 g/mol. The van der Waals surface area contributed by atoms with E-state index in [0.717, 1.165) is 36.9 Å². The lowest BCUT2D eigenvalue weighted by Crippen LogP contribution is -2.10. The third-order valence-electron chi connectivity index (χ3n) is 3.31. The highest BCUT2D eigenvalue weighted by atomic mass is 35.5. The van der Waals surface area contributed by atoms with Crippen LogP contribution >= 0.6 is 23.2 Å². The maximum Gasteiger partial charge on any atom is 0.228 e. The molecule has 0 amide bonds. The van der Waals surface area contributed by atoms with Gasteiger partial charge in [0.05, 0.1) is 10.7 Å². The SMILES string of the molecule is Fc1ccc(Nc2nc(Cl)c3c(n2)CCCC3)cc1Cl. The number of benzene rings is 1. The normalized spacial score (nSPS) is 13.9. The molecule has 1 aliphatic rings. The van der Waals surface area contributed by atoms with Crippen LogP contribution in [0.25, 0.3) is 0 Å². The summed E-state index contributed by atoms with van der Waals surface area (Å²) in [5, 5.41) is 3.55. The molecule has 3 nitrogen and oxygen atoms in total. The number of hydrogen-bond donors (Lipinski definition) is 1. The molecule has 0 spiro atoms. The molecule has 104 valence electrons. The van der Waals surface area contributed by atoms with Crippen molar-refractivity contribution in [2.75, 3.05) is 5.32 Å². The Morgan fingerprint density at radius 2 is 1.90 bits per heavy atom. The zero-order valence-electron chi connectivity index (χ0n) is 10.6. The van der Waals surface area contributed by atoms with Gasteiger partial charge in [-0.15, -0.1) is 0 Å². The molecule has 6 heteroatoms. The van der Waals surface area contributed by atoms with Crippen molar-refractivity contribution >= 4 is 34.8 Å². The molecular formula is C14H12Cl2FN3. The van der Waals surface area contributed by atoms with Crippen LogP contribution in [0.4, 0.5) is 16.0 Å². The van der Waals surface area contributed by atoms with Gasteiger partial charge in [-0.2, -0.15) is 0 Å². The Kier molecular flexibility index (Phi) is 3.76. The van der Waals surface area contributed by atoms with Gasteiger partial charge in [-0.1, -0.05) is 23.2 Å². The van der Waals surface area contributed by atoms with E-state index in [0.29, 0.717) is 16.8 Å². The summed E-state index contributed by atoms with van der Waals surface area (Å²) in [7, 11) is 0. The monoisotopic (exact) mass is 311 g/mol. The Labute approximate surface area is 126 Å². The Morgan fingerprint density at radius 3 is 2.70 bits per heavy atom. The fourth-order valence-corrected chi connectivity index (χ4v) is 2.77. The number of rotatable bonds is 2. The predicted octanol–water partition coefficient (Wildman–Crippen LogP) is 4.54. The molecule has 1 aromatic heterocycles. The summed E-state index contributed by atoms with van der Waals surface area (Å²) in [6.45, 7) is 0. The molecule has 20 heavy (non-hydrogen) atoms. The maximum atomic E-state index is 13.1. The van der Waals surface area contributed by atoms with E-state index in [1.54, 1.807) is 6.07 Å². The van der Waals surface area contributed by atoms with Crippen LogP contribution in [0.1, 0.15) is 24.1 Å². The molecule has 1 heterocycles. The number of hydrogen-bond acceptors (Lipinski definition) is 3. The maximum absolute atomic E-state index is 13.1. The average molecular weight is 312 g/mol. The summed E-state index contributed by atoms with van der Waals surface area (Å²) in [5.74, 6) is -0.0417. The minimum absolute atomic E-state index is 0.0547. The second-order valence-corrected chi connectivity index (χ2v) is 5.49. The highest BCUT2D eigenvalue weighted by molar-refractivity contribution is 6.31. The molecule has 0 aliphatic heterocycles. The van der Waals surface area contributed by atoms with Gasteiger partial charge in [0.2, 0.25) is 5.95 Å². The van der Waals surface area contributed by atoms with Gasteiger partial charge in [-0.05, 0) is 43.9 Å². The topological polar surface area (TPSA) is 37.8 Å². The van der Waals surface area contributed by atoms with Gasteiger partial charge in [0.25, 0.3) is 0 Å². The summed E-state index contributed by atoms with van der Waals surface area (Å²) in [6, 6.07) is 4.37. The third-order valence-corrected chi connectivity index (χ3v) is 3.91. The molecule has 0 bridgehead atoms. The Bertz CT molecular complexity index is 661. The summed E-state index contributed by atoms with van der Waals surface area (Å²) in [5.41, 5.74) is 2.66. The highest BCUT2D eigenvalue weighted by Crippen LogP contribution is 2.28. The lowest BCUT2D eigenvalue weighted by atomic mass is 9.97. The van der Waals surface area contributed by atoms with Crippen molar-refractivity contribution in [2.24, 2.45) is 0 Å². The second-order valence-electron chi connectivity index (χ2n) is 4.72. The van der Waals surface area contributed by atoms with E-state index in [2.05, 4.69) is 15.3 Å². The van der Waals surface area contributed by atoms with Crippen LogP contribution in [0.5, 0.6) is 0 Å². The first kappa shape index (κ1) is 13.6. The van der Waals surface area contributed by atoms with Crippen LogP contribution in [-0.2, 0) is 12.8 Å². The van der Waals surface area contributed by atoms with Crippen molar-refractivity contribution in [1.82, 2.24) is 9.97 Å². The smallest absolute Gasteiger partial charge is 0.228 e. The Hall–Kier alpha value is -1.39. The van der Waals surface area contributed by atoms with E-state index in [-0.39, 0.29) is 5.02 Å². The van der Waals surface area contributed by atoms with E-state index in [1.165, 1.54) is 12.1 Å². The van der Waals surface area contributed by atoms with Crippen molar-refractivity contribution in [1.29, 1.82) is 0 Å². The zero-order valence-corrected chi connectivity index (χ0v) is 12.1. The van der Waals surface area contributed by atoms with E-state index >= 15 is 0 Å². The molecule has 0 unspecified atom stereocenters. The van der Waals surface area contributed by atoms with E-state index in [4.69, 9.17) is 23.2 Å². The van der Waals surface area contributed by atoms with Gasteiger partial charge in [0.15, 0.2) is 0 Å². The summed E-state index contributed by atoms with van der Waals surface area (Å²) < 4.78 is 13.1. The molecule has 1 aliphatic carbocycles. The number of nitrogens with one attached hydrogen (secondary N) is 1. The van der Waals surface area contributed by atoms with Gasteiger partial charge in [0, 0.05) is 11.3 Å². The van der Waals surface area contributed by atoms with Gasteiger partial charge in [0.1, 0.15) is 11.0 Å². The summed E-state index contributed by atoms with van der Waals surface area (Å²) in [6.07, 6.45) is 4.08. The van der Waals surface area contributed by atoms with Crippen LogP contribution in [0.15, 0.2) is 18.2 Å². The quantitative estimate of drug-likeness (QED) is 0.827. The highest BCUT2D eigenvalue weighted by Gasteiger charge is 2.16. The van der Waals surface area contributed by atoms with Crippen LogP contribution in [0.2, 0.25) is 10.2 Å². The molecule has 1 N–H and O–H groups in total. The molecule has 2 aromatic rings. The largest absolute Gasteiger partial charge is 0.324 e. The molecule has 0 saturated carbocycles. The molecule has 3 rings (SSSR count). The molecule has 0 fully saturated rings. The standard InChI is InChI=1S/C14H12Cl2FN3/c15-10-7-8(5-6-11(10)17)18-14-19-12-4-2-1-3-9(12)13(16)20-14/h5-7H,1-4H2,(H,18,19,20). The fraction of sp³-hybridized carbons (Fsp3) is 0.286. The van der Waals surface area contributed by atoms with E-state index in [9.17, 15) is 4.39 Å². The number of aromatic nitrogens is 2. The van der Waals surface area contributed by atoms with Crippen molar-refractivity contribution in [2.45, 2.75) is 25.7 Å². The number of fused-ring (bicyclic) bond motifs is 1. The first-order valence-corrected chi connectivity index (χ1v) is 7.16. The summed E-state index contributed by atoms with van der Waals surface area (Å²) in [4.78, 5) is 8.72. The molecule has 1 aromatic carbocycles. The van der Waals surface area contributed by atoms with Gasteiger partial charge < -0.3 is 5.32 Å². The van der Waals surface area contributed by atoms with Crippen LogP contribution in [0, 0.1) is 5.82 Å². The average Bonchev–Trinajstić information content (AvgIpc) is 2.43. The zero-order chi connectivity index (χ0) is 14.1. The molecule has 0 atom stereocenters. The number of anilines is 2. The van der Waals surface area contributed by atoms with Crippen molar-refractivity contribution in [3.8, 4) is 0 Å². The summed E-state index contributed by atoms with van der Waals surface area (Å²) >= 11 is 11.9. The Balaban J connectivity index is 1.90. The van der Waals surface area contributed by atoms with Crippen molar-refractivity contribution in [3.05, 3.63) is 45.4 Å². The van der Waals surface area contributed by atoms with E-state index < -0.39 is 5.82 Å². The number of halogens is 3. The number of aryl methyl sites for hydroxylation is 1. The lowest BCUT2D eigenvalue weighted by Gasteiger charge is -2.16. The lowest BCUT2D eigenvalue weighted by molar-refractivity contribution is 0.628. The van der Waals surface area contributed by atoms with Gasteiger partial charge >= 0.3 is 0 Å². The minimum Gasteiger partial charge on any atom is -0.324 e. The predicted molar refractivity (Wildman–Crippen MR) is 78.4 cm³/mol. The first-order chi connectivity index (χ1) is 9.63. The van der Waals surface area contributed by atoms with Crippen molar-refractivity contribution in [3.63, 3.8) is 0 Å². The van der Waals surface area contributed by atoms with Crippen LogP contribution < -0.4 is 5.32 Å². The minimum atomic E-state index is -0.457. The van der Waals surface area contributed by atoms with Gasteiger partial charge in [-0.3, -0.25) is 0 Å². The fourth-order valence-electron chi connectivity index (χ4n) is 2.31. The number of nitrogens with zero attached hydrogens (tertiary/aromatic N) is 2. The van der Waals surface area contributed by atoms with Gasteiger partial charge in [-0.25, -0.2) is 14.4 Å². The van der Waals surface area contributed by atoms with Crippen LogP contribution in [-0.4, -0.2) is 9.97 Å². The first-order valence-electron chi connectivity index (χ1n) is 6.41. The van der Waals surface area contributed by atoms with Crippen LogP contribution in [0.3, 0.4) is 0 Å². The third kappa shape index (κ3) is 2.72.